The third-order valence-electron chi connectivity index (χ3n) is 3.00. The van der Waals surface area contributed by atoms with Gasteiger partial charge in [-0.2, -0.15) is 0 Å². The lowest BCUT2D eigenvalue weighted by Crippen LogP contribution is -2.10. The van der Waals surface area contributed by atoms with Crippen LogP contribution in [0.5, 0.6) is 0 Å². The van der Waals surface area contributed by atoms with E-state index in [4.69, 9.17) is 0 Å². The van der Waals surface area contributed by atoms with Crippen LogP contribution in [0, 0.1) is 6.92 Å². The lowest BCUT2D eigenvalue weighted by atomic mass is 9.94. The van der Waals surface area contributed by atoms with Gasteiger partial charge in [0.05, 0.1) is 3.23 Å². The van der Waals surface area contributed by atoms with E-state index in [1.54, 1.807) is 0 Å². The summed E-state index contributed by atoms with van der Waals surface area (Å²) in [4.78, 5) is 0. The largest absolute Gasteiger partial charge is 0.0908 e. The van der Waals surface area contributed by atoms with E-state index in [0.717, 1.165) is 6.42 Å². The first-order valence-corrected chi connectivity index (χ1v) is 6.00. The van der Waals surface area contributed by atoms with Crippen molar-refractivity contribution in [3.63, 3.8) is 0 Å². The van der Waals surface area contributed by atoms with Crippen LogP contribution in [0.1, 0.15) is 24.5 Å². The Morgan fingerprint density at radius 3 is 2.23 bits per heavy atom. The molecule has 0 spiro atoms. The zero-order chi connectivity index (χ0) is 9.69. The zero-order valence-electron chi connectivity index (χ0n) is 7.77. The van der Waals surface area contributed by atoms with Gasteiger partial charge in [-0.15, -0.1) is 0 Å². The van der Waals surface area contributed by atoms with Gasteiger partial charge in [-0.1, -0.05) is 63.0 Å². The van der Waals surface area contributed by atoms with Crippen LogP contribution in [-0.4, -0.2) is 3.23 Å². The topological polar surface area (TPSA) is 0 Å². The Balaban J connectivity index is 2.44. The first-order valence-electron chi connectivity index (χ1n) is 4.41. The predicted molar refractivity (Wildman–Crippen MR) is 63.7 cm³/mol. The number of hydrogen-bond acceptors (Lipinski definition) is 0. The molecule has 13 heavy (non-hydrogen) atoms. The first-order chi connectivity index (χ1) is 5.97. The van der Waals surface area contributed by atoms with E-state index >= 15 is 0 Å². The fraction of sp³-hybridized carbons (Fsp3) is 0.455. The lowest BCUT2D eigenvalue weighted by molar-refractivity contribution is 0.778. The molecule has 1 saturated carbocycles. The number of alkyl halides is 2. The van der Waals surface area contributed by atoms with Crippen molar-refractivity contribution in [2.75, 3.05) is 0 Å². The molecule has 0 radical (unpaired) electrons. The van der Waals surface area contributed by atoms with Gasteiger partial charge in [-0.3, -0.25) is 0 Å². The molecule has 1 unspecified atom stereocenters. The molecule has 2 heteroatoms. The third kappa shape index (κ3) is 1.39. The summed E-state index contributed by atoms with van der Waals surface area (Å²) in [6, 6.07) is 8.60. The molecule has 1 aromatic carbocycles. The summed E-state index contributed by atoms with van der Waals surface area (Å²) in [5.41, 5.74) is 3.09. The van der Waals surface area contributed by atoms with Crippen molar-refractivity contribution in [1.29, 1.82) is 0 Å². The molecule has 2 rings (SSSR count). The highest BCUT2D eigenvalue weighted by Gasteiger charge is 2.62. The van der Waals surface area contributed by atoms with Gasteiger partial charge in [0.1, 0.15) is 0 Å². The maximum absolute atomic E-state index is 3.70. The molecule has 0 aromatic heterocycles. The van der Waals surface area contributed by atoms with Crippen molar-refractivity contribution >= 4 is 31.9 Å². The molecule has 0 heterocycles. The van der Waals surface area contributed by atoms with Gasteiger partial charge in [0, 0.05) is 5.41 Å². The van der Waals surface area contributed by atoms with Gasteiger partial charge in [0.2, 0.25) is 0 Å². The molecule has 1 aromatic rings. The van der Waals surface area contributed by atoms with Crippen molar-refractivity contribution in [3.8, 4) is 0 Å². The van der Waals surface area contributed by atoms with Crippen LogP contribution in [-0.2, 0) is 5.41 Å². The fourth-order valence-corrected chi connectivity index (χ4v) is 3.43. The highest BCUT2D eigenvalue weighted by Crippen LogP contribution is 2.67. The van der Waals surface area contributed by atoms with E-state index in [0.29, 0.717) is 0 Å². The third-order valence-corrected chi connectivity index (χ3v) is 5.31. The summed E-state index contributed by atoms with van der Waals surface area (Å²) in [6.45, 7) is 4.47. The highest BCUT2D eigenvalue weighted by atomic mass is 79.9. The maximum atomic E-state index is 3.70. The Morgan fingerprint density at radius 2 is 1.77 bits per heavy atom. The second-order valence-corrected chi connectivity index (χ2v) is 7.80. The molecule has 0 nitrogen and oxygen atoms in total. The van der Waals surface area contributed by atoms with Crippen molar-refractivity contribution in [2.24, 2.45) is 0 Å². The molecular weight excluding hydrogens is 292 g/mol. The van der Waals surface area contributed by atoms with Gasteiger partial charge in [-0.25, -0.2) is 0 Å². The van der Waals surface area contributed by atoms with E-state index in [1.807, 2.05) is 0 Å². The Bertz CT molecular complexity index is 344. The van der Waals surface area contributed by atoms with Crippen molar-refractivity contribution in [2.45, 2.75) is 28.9 Å². The minimum atomic E-state index is 0.124. The molecule has 1 atom stereocenters. The van der Waals surface area contributed by atoms with E-state index in [9.17, 15) is 0 Å². The molecular formula is C11H12Br2. The number of hydrogen-bond donors (Lipinski definition) is 0. The van der Waals surface area contributed by atoms with E-state index in [2.05, 4.69) is 70.0 Å². The average molecular weight is 304 g/mol. The summed E-state index contributed by atoms with van der Waals surface area (Å²) in [6.07, 6.45) is 1.16. The van der Waals surface area contributed by atoms with Crippen molar-refractivity contribution in [1.82, 2.24) is 0 Å². The second kappa shape index (κ2) is 2.83. The van der Waals surface area contributed by atoms with Crippen LogP contribution in [0.15, 0.2) is 24.3 Å². The first kappa shape index (κ1) is 9.72. The smallest absolute Gasteiger partial charge is 0.0717 e. The number of benzene rings is 1. The predicted octanol–water partition coefficient (Wildman–Crippen LogP) is 4.14. The van der Waals surface area contributed by atoms with Gasteiger partial charge in [0.15, 0.2) is 0 Å². The Kier molecular flexibility index (Phi) is 2.12. The minimum Gasteiger partial charge on any atom is -0.0717 e. The quantitative estimate of drug-likeness (QED) is 0.684. The molecule has 70 valence electrons. The maximum Gasteiger partial charge on any atom is 0.0908 e. The Labute approximate surface area is 96.0 Å². The Hall–Kier alpha value is 0.180. The minimum absolute atomic E-state index is 0.124. The molecule has 0 bridgehead atoms. The molecule has 1 aliphatic rings. The molecule has 0 saturated heterocycles. The van der Waals surface area contributed by atoms with E-state index in [-0.39, 0.29) is 8.65 Å². The SMILES string of the molecule is Cc1ccccc1C1(C)CC1(Br)Br. The van der Waals surface area contributed by atoms with Crippen LogP contribution in [0.4, 0.5) is 0 Å². The van der Waals surface area contributed by atoms with E-state index < -0.39 is 0 Å². The van der Waals surface area contributed by atoms with Crippen LogP contribution >= 0.6 is 31.9 Å². The normalized spacial score (nSPS) is 30.2. The van der Waals surface area contributed by atoms with Gasteiger partial charge >= 0.3 is 0 Å². The van der Waals surface area contributed by atoms with E-state index in [1.165, 1.54) is 11.1 Å². The van der Waals surface area contributed by atoms with Crippen LogP contribution in [0.25, 0.3) is 0 Å². The summed E-state index contributed by atoms with van der Waals surface area (Å²) in [5.74, 6) is 0. The van der Waals surface area contributed by atoms with Gasteiger partial charge in [-0.05, 0) is 24.5 Å². The fourth-order valence-electron chi connectivity index (χ4n) is 1.88. The molecule has 0 amide bonds. The van der Waals surface area contributed by atoms with Crippen LogP contribution in [0.3, 0.4) is 0 Å². The summed E-state index contributed by atoms with van der Waals surface area (Å²) in [7, 11) is 0. The van der Waals surface area contributed by atoms with Crippen molar-refractivity contribution in [3.05, 3.63) is 35.4 Å². The van der Waals surface area contributed by atoms with Crippen LogP contribution in [0.2, 0.25) is 0 Å². The average Bonchev–Trinajstić information content (AvgIpc) is 2.53. The summed E-state index contributed by atoms with van der Waals surface area (Å²) in [5, 5.41) is 0. The standard InChI is InChI=1S/C11H12Br2/c1-8-5-3-4-6-9(8)10(2)7-11(10,12)13/h3-6H,7H2,1-2H3. The number of rotatable bonds is 1. The molecule has 1 fully saturated rings. The lowest BCUT2D eigenvalue weighted by Gasteiger charge is -2.15. The van der Waals surface area contributed by atoms with Crippen LogP contribution < -0.4 is 0 Å². The van der Waals surface area contributed by atoms with Gasteiger partial charge in [0.25, 0.3) is 0 Å². The van der Waals surface area contributed by atoms with Crippen molar-refractivity contribution < 1.29 is 0 Å². The van der Waals surface area contributed by atoms with Gasteiger partial charge < -0.3 is 0 Å². The summed E-state index contributed by atoms with van der Waals surface area (Å²) >= 11 is 7.39. The highest BCUT2D eigenvalue weighted by molar-refractivity contribution is 9.25. The summed E-state index contributed by atoms with van der Waals surface area (Å²) < 4.78 is 0.124. The molecule has 1 aliphatic carbocycles. The number of halogens is 2. The molecule has 0 N–H and O–H groups in total. The Morgan fingerprint density at radius 1 is 1.23 bits per heavy atom. The number of aryl methyl sites for hydroxylation is 1. The zero-order valence-corrected chi connectivity index (χ0v) is 10.9. The second-order valence-electron chi connectivity index (χ2n) is 4.03. The molecule has 0 aliphatic heterocycles. The monoisotopic (exact) mass is 302 g/mol.